The van der Waals surface area contributed by atoms with Crippen molar-refractivity contribution >= 4 is 6.09 Å². The molecule has 0 atom stereocenters. The van der Waals surface area contributed by atoms with E-state index in [4.69, 9.17) is 4.74 Å². The van der Waals surface area contributed by atoms with Gasteiger partial charge >= 0.3 is 6.09 Å². The minimum Gasteiger partial charge on any atom is -0.444 e. The lowest BCUT2D eigenvalue weighted by atomic mass is 9.90. The van der Waals surface area contributed by atoms with Gasteiger partial charge in [0.15, 0.2) is 0 Å². The number of piperidine rings is 2. The molecule has 6 heteroatoms. The molecule has 140 valence electrons. The first kappa shape index (κ1) is 19.5. The summed E-state index contributed by atoms with van der Waals surface area (Å²) in [6.07, 6.45) is 3.32. The van der Waals surface area contributed by atoms with E-state index in [1.54, 1.807) is 0 Å². The van der Waals surface area contributed by atoms with Crippen LogP contribution in [-0.4, -0.2) is 77.5 Å². The Labute approximate surface area is 146 Å². The van der Waals surface area contributed by atoms with Crippen LogP contribution in [0, 0.1) is 0 Å². The van der Waals surface area contributed by atoms with Gasteiger partial charge in [0.2, 0.25) is 0 Å². The third-order valence-electron chi connectivity index (χ3n) is 5.07. The first-order valence-electron chi connectivity index (χ1n) is 9.37. The van der Waals surface area contributed by atoms with Gasteiger partial charge in [-0.15, -0.1) is 0 Å². The lowest BCUT2D eigenvalue weighted by molar-refractivity contribution is -0.0381. The molecule has 24 heavy (non-hydrogen) atoms. The highest BCUT2D eigenvalue weighted by molar-refractivity contribution is 5.68. The molecule has 0 unspecified atom stereocenters. The molecule has 2 N–H and O–H groups in total. The number of amides is 1. The van der Waals surface area contributed by atoms with Gasteiger partial charge in [0, 0.05) is 25.7 Å². The van der Waals surface area contributed by atoms with Gasteiger partial charge in [-0.2, -0.15) is 0 Å². The Balaban J connectivity index is 1.84. The van der Waals surface area contributed by atoms with Crippen LogP contribution in [0.1, 0.15) is 53.4 Å². The summed E-state index contributed by atoms with van der Waals surface area (Å²) < 4.78 is 5.46. The molecule has 2 heterocycles. The Morgan fingerprint density at radius 2 is 1.88 bits per heavy atom. The van der Waals surface area contributed by atoms with Crippen LogP contribution in [0.15, 0.2) is 0 Å². The molecule has 0 aliphatic carbocycles. The van der Waals surface area contributed by atoms with Gasteiger partial charge in [-0.05, 0) is 66.1 Å². The maximum atomic E-state index is 12.2. The number of aliphatic hydroxyl groups is 1. The highest BCUT2D eigenvalue weighted by atomic mass is 16.6. The number of rotatable bonds is 4. The molecule has 0 radical (unpaired) electrons. The van der Waals surface area contributed by atoms with Gasteiger partial charge < -0.3 is 20.1 Å². The van der Waals surface area contributed by atoms with Crippen molar-refractivity contribution in [2.45, 2.75) is 70.6 Å². The zero-order valence-electron chi connectivity index (χ0n) is 15.8. The number of likely N-dealkylation sites (tertiary alicyclic amines) is 1. The first-order chi connectivity index (χ1) is 11.2. The molecule has 0 bridgehead atoms. The minimum absolute atomic E-state index is 0.207. The van der Waals surface area contributed by atoms with Gasteiger partial charge in [0.1, 0.15) is 5.60 Å². The molecule has 0 spiro atoms. The van der Waals surface area contributed by atoms with E-state index in [0.29, 0.717) is 6.04 Å². The van der Waals surface area contributed by atoms with E-state index >= 15 is 0 Å². The van der Waals surface area contributed by atoms with Crippen molar-refractivity contribution in [3.05, 3.63) is 0 Å². The van der Waals surface area contributed by atoms with Crippen molar-refractivity contribution in [1.29, 1.82) is 0 Å². The molecule has 0 aromatic carbocycles. The Hall–Kier alpha value is -0.850. The summed E-state index contributed by atoms with van der Waals surface area (Å²) in [5, 5.41) is 14.1. The zero-order valence-corrected chi connectivity index (χ0v) is 15.8. The minimum atomic E-state index is -0.566. The summed E-state index contributed by atoms with van der Waals surface area (Å²) in [4.78, 5) is 16.4. The Morgan fingerprint density at radius 3 is 2.38 bits per heavy atom. The van der Waals surface area contributed by atoms with Gasteiger partial charge in [-0.25, -0.2) is 4.79 Å². The Bertz CT molecular complexity index is 408. The second-order valence-corrected chi connectivity index (χ2v) is 8.24. The number of nitrogens with zero attached hydrogens (tertiary/aromatic N) is 2. The van der Waals surface area contributed by atoms with Crippen LogP contribution in [0.5, 0.6) is 0 Å². The van der Waals surface area contributed by atoms with E-state index in [2.05, 4.69) is 17.1 Å². The molecule has 2 rings (SSSR count). The quantitative estimate of drug-likeness (QED) is 0.817. The monoisotopic (exact) mass is 341 g/mol. The lowest BCUT2D eigenvalue weighted by Crippen LogP contribution is -2.54. The highest BCUT2D eigenvalue weighted by Gasteiger charge is 2.35. The average Bonchev–Trinajstić information content (AvgIpc) is 2.52. The third-order valence-corrected chi connectivity index (χ3v) is 5.07. The second-order valence-electron chi connectivity index (χ2n) is 8.24. The molecular formula is C18H35N3O3. The van der Waals surface area contributed by atoms with Gasteiger partial charge in [0.05, 0.1) is 5.60 Å². The van der Waals surface area contributed by atoms with E-state index < -0.39 is 11.2 Å². The first-order valence-corrected chi connectivity index (χ1v) is 9.37. The fraction of sp³-hybridized carbons (Fsp3) is 0.944. The summed E-state index contributed by atoms with van der Waals surface area (Å²) in [6.45, 7) is 12.8. The molecule has 0 saturated carbocycles. The molecule has 6 nitrogen and oxygen atoms in total. The van der Waals surface area contributed by atoms with Crippen molar-refractivity contribution < 1.29 is 14.6 Å². The smallest absolute Gasteiger partial charge is 0.410 e. The van der Waals surface area contributed by atoms with E-state index in [1.807, 2.05) is 25.7 Å². The van der Waals surface area contributed by atoms with Crippen LogP contribution in [0.2, 0.25) is 0 Å². The third kappa shape index (κ3) is 5.60. The van der Waals surface area contributed by atoms with Crippen LogP contribution in [0.3, 0.4) is 0 Å². The van der Waals surface area contributed by atoms with Crippen LogP contribution in [-0.2, 0) is 4.74 Å². The maximum absolute atomic E-state index is 12.2. The molecule has 2 saturated heterocycles. The standard InChI is InChI=1S/C18H35N3O3/c1-5-20(14-18(23)8-10-19-11-9-18)15-6-12-21(13-7-15)16(22)24-17(2,3)4/h15,19,23H,5-14H2,1-4H3. The second kappa shape index (κ2) is 8.02. The fourth-order valence-electron chi connectivity index (χ4n) is 3.67. The largest absolute Gasteiger partial charge is 0.444 e. The summed E-state index contributed by atoms with van der Waals surface area (Å²) in [6, 6.07) is 0.438. The predicted octanol–water partition coefficient (Wildman–Crippen LogP) is 1.82. The summed E-state index contributed by atoms with van der Waals surface area (Å²) in [5.74, 6) is 0. The van der Waals surface area contributed by atoms with E-state index in [0.717, 1.165) is 65.0 Å². The lowest BCUT2D eigenvalue weighted by Gasteiger charge is -2.43. The summed E-state index contributed by atoms with van der Waals surface area (Å²) in [5.41, 5.74) is -1.01. The number of nitrogens with one attached hydrogen (secondary N) is 1. The number of hydrogen-bond donors (Lipinski definition) is 2. The molecule has 1 amide bonds. The maximum Gasteiger partial charge on any atom is 0.410 e. The number of carbonyl (C=O) groups excluding carboxylic acids is 1. The van der Waals surface area contributed by atoms with E-state index in [-0.39, 0.29) is 6.09 Å². The van der Waals surface area contributed by atoms with Gasteiger partial charge in [-0.1, -0.05) is 6.92 Å². The van der Waals surface area contributed by atoms with Gasteiger partial charge in [-0.3, -0.25) is 4.90 Å². The Kier molecular flexibility index (Phi) is 6.51. The van der Waals surface area contributed by atoms with Crippen LogP contribution in [0.25, 0.3) is 0 Å². The summed E-state index contributed by atoms with van der Waals surface area (Å²) >= 11 is 0. The Morgan fingerprint density at radius 1 is 1.29 bits per heavy atom. The fourth-order valence-corrected chi connectivity index (χ4v) is 3.67. The van der Waals surface area contributed by atoms with Gasteiger partial charge in [0.25, 0.3) is 0 Å². The molecule has 2 aliphatic heterocycles. The molecule has 0 aromatic rings. The number of likely N-dealkylation sites (N-methyl/N-ethyl adjacent to an activating group) is 1. The van der Waals surface area contributed by atoms with Crippen molar-refractivity contribution in [3.63, 3.8) is 0 Å². The molecule has 2 fully saturated rings. The predicted molar refractivity (Wildman–Crippen MR) is 95.1 cm³/mol. The molecule has 2 aliphatic rings. The van der Waals surface area contributed by atoms with E-state index in [1.165, 1.54) is 0 Å². The summed E-state index contributed by atoms with van der Waals surface area (Å²) in [7, 11) is 0. The van der Waals surface area contributed by atoms with Crippen LogP contribution in [0.4, 0.5) is 4.79 Å². The van der Waals surface area contributed by atoms with Crippen molar-refractivity contribution in [2.24, 2.45) is 0 Å². The van der Waals surface area contributed by atoms with Crippen molar-refractivity contribution in [3.8, 4) is 0 Å². The number of ether oxygens (including phenoxy) is 1. The molecular weight excluding hydrogens is 306 g/mol. The van der Waals surface area contributed by atoms with Crippen LogP contribution >= 0.6 is 0 Å². The average molecular weight is 341 g/mol. The number of carbonyl (C=O) groups is 1. The highest BCUT2D eigenvalue weighted by Crippen LogP contribution is 2.24. The van der Waals surface area contributed by atoms with Crippen LogP contribution < -0.4 is 5.32 Å². The zero-order chi connectivity index (χ0) is 17.8. The number of hydrogen-bond acceptors (Lipinski definition) is 5. The normalized spacial score (nSPS) is 22.7. The molecule has 0 aromatic heterocycles. The SMILES string of the molecule is CCN(CC1(O)CCNCC1)C1CCN(C(=O)OC(C)(C)C)CC1. The van der Waals surface area contributed by atoms with Crippen molar-refractivity contribution in [1.82, 2.24) is 15.1 Å². The van der Waals surface area contributed by atoms with E-state index in [9.17, 15) is 9.90 Å². The van der Waals surface area contributed by atoms with Crippen molar-refractivity contribution in [2.75, 3.05) is 39.3 Å². The topological polar surface area (TPSA) is 65.0 Å².